The Morgan fingerprint density at radius 3 is 2.65 bits per heavy atom. The second-order valence-electron chi connectivity index (χ2n) is 9.18. The minimum absolute atomic E-state index is 0.183. The van der Waals surface area contributed by atoms with Gasteiger partial charge in [0.2, 0.25) is 0 Å². The van der Waals surface area contributed by atoms with Crippen LogP contribution in [0.15, 0.2) is 107 Å². The van der Waals surface area contributed by atoms with E-state index < -0.39 is 0 Å². The number of benzene rings is 1. The number of para-hydroxylation sites is 1. The Labute approximate surface area is 201 Å². The standard InChI is InChI=1S/C30H28N4/c31-21-25-23(14-10-20-32-25)24-13-4-5-15-26(24)34-29-18-8-6-16-27(29)33(22-11-2-1-3-12-22)28-17-7-9-19-30(28)34/h1-8,11,13-18,22,27,29H,9-10,12,19-20H2. The van der Waals surface area contributed by atoms with Gasteiger partial charge in [-0.15, -0.1) is 0 Å². The summed E-state index contributed by atoms with van der Waals surface area (Å²) < 4.78 is 0. The molecule has 0 aromatic heterocycles. The van der Waals surface area contributed by atoms with Crippen LogP contribution in [0.1, 0.15) is 31.2 Å². The quantitative estimate of drug-likeness (QED) is 0.586. The molecule has 4 heteroatoms. The number of anilines is 1. The topological polar surface area (TPSA) is 42.6 Å². The second kappa shape index (κ2) is 8.83. The van der Waals surface area contributed by atoms with E-state index in [0.29, 0.717) is 18.3 Å². The summed E-state index contributed by atoms with van der Waals surface area (Å²) in [6.07, 6.45) is 28.7. The zero-order valence-corrected chi connectivity index (χ0v) is 19.2. The van der Waals surface area contributed by atoms with Crippen molar-refractivity contribution < 1.29 is 0 Å². The third kappa shape index (κ3) is 3.40. The molecule has 3 unspecified atom stereocenters. The van der Waals surface area contributed by atoms with Gasteiger partial charge in [-0.25, -0.2) is 0 Å². The smallest absolute Gasteiger partial charge is 0.142 e. The van der Waals surface area contributed by atoms with Crippen LogP contribution in [-0.4, -0.2) is 35.3 Å². The minimum atomic E-state index is 0.183. The Bertz CT molecular complexity index is 1280. The highest BCUT2D eigenvalue weighted by Crippen LogP contribution is 2.44. The third-order valence-corrected chi connectivity index (χ3v) is 7.26. The van der Waals surface area contributed by atoms with Gasteiger partial charge in [-0.3, -0.25) is 4.99 Å². The van der Waals surface area contributed by atoms with E-state index in [-0.39, 0.29) is 12.1 Å². The largest absolute Gasteiger partial charge is 0.354 e. The van der Waals surface area contributed by atoms with Crippen LogP contribution in [0.3, 0.4) is 0 Å². The predicted molar refractivity (Wildman–Crippen MR) is 139 cm³/mol. The van der Waals surface area contributed by atoms with Crippen molar-refractivity contribution in [1.29, 1.82) is 5.26 Å². The molecule has 1 aromatic rings. The van der Waals surface area contributed by atoms with Gasteiger partial charge >= 0.3 is 0 Å². The summed E-state index contributed by atoms with van der Waals surface area (Å²) in [6.45, 7) is 0.689. The highest BCUT2D eigenvalue weighted by molar-refractivity contribution is 6.32. The lowest BCUT2D eigenvalue weighted by Gasteiger charge is -2.53. The van der Waals surface area contributed by atoms with Crippen LogP contribution >= 0.6 is 0 Å². The molecule has 6 rings (SSSR count). The number of nitriles is 1. The molecule has 0 saturated heterocycles. The molecule has 1 aromatic carbocycles. The van der Waals surface area contributed by atoms with E-state index in [2.05, 4.69) is 112 Å². The van der Waals surface area contributed by atoms with Crippen molar-refractivity contribution >= 4 is 17.0 Å². The summed E-state index contributed by atoms with van der Waals surface area (Å²) in [5, 5.41) is 9.79. The van der Waals surface area contributed by atoms with E-state index in [1.165, 1.54) is 11.4 Å². The molecule has 4 nitrogen and oxygen atoms in total. The summed E-state index contributed by atoms with van der Waals surface area (Å²) in [5.74, 6) is 0. The fourth-order valence-electron chi connectivity index (χ4n) is 5.83. The first-order valence-corrected chi connectivity index (χ1v) is 12.3. The number of rotatable bonds is 3. The molecule has 0 spiro atoms. The summed E-state index contributed by atoms with van der Waals surface area (Å²) in [4.78, 5) is 9.69. The van der Waals surface area contributed by atoms with Crippen LogP contribution in [0, 0.1) is 11.3 Å². The molecule has 5 aliphatic rings. The van der Waals surface area contributed by atoms with Crippen molar-refractivity contribution in [3.63, 3.8) is 0 Å². The molecule has 0 amide bonds. The van der Waals surface area contributed by atoms with E-state index in [1.807, 2.05) is 0 Å². The molecule has 168 valence electrons. The zero-order valence-electron chi connectivity index (χ0n) is 19.2. The molecule has 2 heterocycles. The van der Waals surface area contributed by atoms with Crippen LogP contribution in [0.4, 0.5) is 5.69 Å². The predicted octanol–water partition coefficient (Wildman–Crippen LogP) is 5.87. The highest BCUT2D eigenvalue weighted by Gasteiger charge is 2.42. The number of hydrogen-bond acceptors (Lipinski definition) is 4. The van der Waals surface area contributed by atoms with Crippen LogP contribution in [0.25, 0.3) is 5.57 Å². The molecular formula is C30H28N4. The monoisotopic (exact) mass is 444 g/mol. The van der Waals surface area contributed by atoms with Crippen molar-refractivity contribution in [2.24, 2.45) is 4.99 Å². The Balaban J connectivity index is 1.53. The fourth-order valence-corrected chi connectivity index (χ4v) is 5.83. The summed E-state index contributed by atoms with van der Waals surface area (Å²) in [6, 6.07) is 11.6. The Morgan fingerprint density at radius 1 is 0.941 bits per heavy atom. The SMILES string of the molecule is N#CC1=NCCC=C1c1ccccc1N1C2=C(C=CCC2)N(C2C=CC=CC2)C2C=CC=CC21. The van der Waals surface area contributed by atoms with Gasteiger partial charge in [-0.1, -0.05) is 79.0 Å². The Hall–Kier alpha value is -3.84. The number of hydrogen-bond donors (Lipinski definition) is 0. The second-order valence-corrected chi connectivity index (χ2v) is 9.18. The number of fused-ring (bicyclic) bond motifs is 1. The summed E-state index contributed by atoms with van der Waals surface area (Å²) in [5.41, 5.74) is 6.46. The summed E-state index contributed by atoms with van der Waals surface area (Å²) >= 11 is 0. The molecule has 34 heavy (non-hydrogen) atoms. The molecule has 2 aliphatic heterocycles. The Morgan fingerprint density at radius 2 is 1.79 bits per heavy atom. The highest BCUT2D eigenvalue weighted by atomic mass is 15.3. The van der Waals surface area contributed by atoms with Crippen molar-refractivity contribution in [3.05, 3.63) is 108 Å². The van der Waals surface area contributed by atoms with Crippen molar-refractivity contribution in [2.45, 2.75) is 43.8 Å². The van der Waals surface area contributed by atoms with Gasteiger partial charge in [0.05, 0.1) is 23.8 Å². The van der Waals surface area contributed by atoms with Crippen LogP contribution < -0.4 is 4.90 Å². The lowest BCUT2D eigenvalue weighted by atomic mass is 9.87. The molecule has 0 fully saturated rings. The lowest BCUT2D eigenvalue weighted by Crippen LogP contribution is -2.58. The molecule has 0 bridgehead atoms. The fraction of sp³-hybridized carbons (Fsp3) is 0.267. The molecule has 3 atom stereocenters. The van der Waals surface area contributed by atoms with Crippen LogP contribution in [-0.2, 0) is 0 Å². The maximum Gasteiger partial charge on any atom is 0.142 e. The van der Waals surface area contributed by atoms with Gasteiger partial charge in [-0.2, -0.15) is 5.26 Å². The number of allylic oxidation sites excluding steroid dienone is 8. The average Bonchev–Trinajstić information content (AvgIpc) is 2.92. The van der Waals surface area contributed by atoms with E-state index in [9.17, 15) is 5.26 Å². The zero-order chi connectivity index (χ0) is 22.9. The molecule has 0 radical (unpaired) electrons. The minimum Gasteiger partial charge on any atom is -0.354 e. The van der Waals surface area contributed by atoms with Crippen molar-refractivity contribution in [1.82, 2.24) is 4.90 Å². The first kappa shape index (κ1) is 20.7. The maximum atomic E-state index is 9.79. The van der Waals surface area contributed by atoms with Gasteiger partial charge in [0.25, 0.3) is 0 Å². The molecule has 0 N–H and O–H groups in total. The Kier molecular flexibility index (Phi) is 5.39. The van der Waals surface area contributed by atoms with Crippen LogP contribution in [0.5, 0.6) is 0 Å². The van der Waals surface area contributed by atoms with Crippen LogP contribution in [0.2, 0.25) is 0 Å². The number of nitrogens with zero attached hydrogens (tertiary/aromatic N) is 4. The lowest BCUT2D eigenvalue weighted by molar-refractivity contribution is 0.216. The number of aliphatic imine (C=N–C) groups is 1. The molecular weight excluding hydrogens is 416 g/mol. The van der Waals surface area contributed by atoms with Gasteiger partial charge in [-0.05, 0) is 37.8 Å². The van der Waals surface area contributed by atoms with Crippen molar-refractivity contribution in [3.8, 4) is 6.07 Å². The first-order chi connectivity index (χ1) is 16.9. The summed E-state index contributed by atoms with van der Waals surface area (Å²) in [7, 11) is 0. The third-order valence-electron chi connectivity index (χ3n) is 7.26. The normalized spacial score (nSPS) is 27.2. The van der Waals surface area contributed by atoms with Gasteiger partial charge in [0.15, 0.2) is 0 Å². The van der Waals surface area contributed by atoms with E-state index in [4.69, 9.17) is 0 Å². The molecule has 3 aliphatic carbocycles. The van der Waals surface area contributed by atoms with Gasteiger partial charge < -0.3 is 9.80 Å². The van der Waals surface area contributed by atoms with Gasteiger partial charge in [0.1, 0.15) is 11.8 Å². The van der Waals surface area contributed by atoms with E-state index in [1.54, 1.807) is 0 Å². The van der Waals surface area contributed by atoms with Crippen molar-refractivity contribution in [2.75, 3.05) is 11.4 Å². The van der Waals surface area contributed by atoms with E-state index in [0.717, 1.165) is 42.5 Å². The maximum absolute atomic E-state index is 9.79. The number of dihydropyridines is 1. The average molecular weight is 445 g/mol. The first-order valence-electron chi connectivity index (χ1n) is 12.3. The van der Waals surface area contributed by atoms with Gasteiger partial charge in [0, 0.05) is 29.1 Å². The van der Waals surface area contributed by atoms with E-state index >= 15 is 0 Å². The molecule has 0 saturated carbocycles.